The summed E-state index contributed by atoms with van der Waals surface area (Å²) in [6.07, 6.45) is 0.678. The zero-order chi connectivity index (χ0) is 13.1. The number of halogens is 1. The highest BCUT2D eigenvalue weighted by atomic mass is 79.9. The number of nitrogens with zero attached hydrogens (tertiary/aromatic N) is 2. The molecular formula is C13H15BrN4. The normalized spacial score (nSPS) is 10.4. The van der Waals surface area contributed by atoms with E-state index in [1.165, 1.54) is 0 Å². The maximum Gasteiger partial charge on any atom is 0.146 e. The predicted octanol–water partition coefficient (Wildman–Crippen LogP) is 2.73. The zero-order valence-electron chi connectivity index (χ0n) is 10.4. The van der Waals surface area contributed by atoms with E-state index in [9.17, 15) is 0 Å². The van der Waals surface area contributed by atoms with Crippen LogP contribution in [0.2, 0.25) is 0 Å². The van der Waals surface area contributed by atoms with Crippen molar-refractivity contribution in [1.82, 2.24) is 9.97 Å². The first-order valence-corrected chi connectivity index (χ1v) is 6.45. The Kier molecular flexibility index (Phi) is 3.93. The molecule has 0 amide bonds. The van der Waals surface area contributed by atoms with Crippen molar-refractivity contribution in [1.29, 1.82) is 0 Å². The molecule has 0 aliphatic carbocycles. The lowest BCUT2D eigenvalue weighted by Gasteiger charge is -2.10. The number of benzene rings is 1. The van der Waals surface area contributed by atoms with Gasteiger partial charge in [0.2, 0.25) is 0 Å². The van der Waals surface area contributed by atoms with Crippen LogP contribution >= 0.6 is 15.9 Å². The van der Waals surface area contributed by atoms with Crippen molar-refractivity contribution in [3.05, 3.63) is 51.4 Å². The van der Waals surface area contributed by atoms with Crippen LogP contribution in [0.3, 0.4) is 0 Å². The van der Waals surface area contributed by atoms with Gasteiger partial charge in [0.1, 0.15) is 11.6 Å². The Morgan fingerprint density at radius 2 is 1.94 bits per heavy atom. The molecule has 0 saturated heterocycles. The maximum absolute atomic E-state index is 5.46. The van der Waals surface area contributed by atoms with E-state index in [0.29, 0.717) is 12.2 Å². The molecule has 0 spiro atoms. The summed E-state index contributed by atoms with van der Waals surface area (Å²) in [4.78, 5) is 8.91. The molecule has 3 N–H and O–H groups in total. The molecule has 18 heavy (non-hydrogen) atoms. The van der Waals surface area contributed by atoms with Crippen LogP contribution in [-0.2, 0) is 6.42 Å². The molecule has 2 rings (SSSR count). The van der Waals surface area contributed by atoms with E-state index in [1.807, 2.05) is 32.0 Å². The smallest absolute Gasteiger partial charge is 0.146 e. The van der Waals surface area contributed by atoms with E-state index in [4.69, 9.17) is 5.84 Å². The van der Waals surface area contributed by atoms with Gasteiger partial charge in [-0.3, -0.25) is 0 Å². The molecule has 1 heterocycles. The van der Waals surface area contributed by atoms with Gasteiger partial charge in [-0.2, -0.15) is 0 Å². The van der Waals surface area contributed by atoms with Gasteiger partial charge in [-0.15, -0.1) is 0 Å². The van der Waals surface area contributed by atoms with Gasteiger partial charge in [-0.25, -0.2) is 15.8 Å². The molecule has 0 unspecified atom stereocenters. The van der Waals surface area contributed by atoms with Crippen molar-refractivity contribution in [2.75, 3.05) is 5.43 Å². The molecule has 0 atom stereocenters. The van der Waals surface area contributed by atoms with Crippen LogP contribution < -0.4 is 11.3 Å². The molecule has 0 bridgehead atoms. The topological polar surface area (TPSA) is 63.8 Å². The second-order valence-corrected chi connectivity index (χ2v) is 4.97. The number of hydrogen-bond donors (Lipinski definition) is 2. The molecule has 0 fully saturated rings. The average molecular weight is 307 g/mol. The Bertz CT molecular complexity index is 569. The fraction of sp³-hybridized carbons (Fsp3) is 0.231. The first kappa shape index (κ1) is 13.0. The van der Waals surface area contributed by atoms with Gasteiger partial charge in [-0.1, -0.05) is 34.1 Å². The maximum atomic E-state index is 5.46. The lowest BCUT2D eigenvalue weighted by Crippen LogP contribution is -2.13. The average Bonchev–Trinajstić information content (AvgIpc) is 2.36. The Labute approximate surface area is 115 Å². The summed E-state index contributed by atoms with van der Waals surface area (Å²) in [5.74, 6) is 6.91. The quantitative estimate of drug-likeness (QED) is 0.676. The van der Waals surface area contributed by atoms with E-state index >= 15 is 0 Å². The molecule has 1 aromatic carbocycles. The number of aryl methyl sites for hydroxylation is 1. The van der Waals surface area contributed by atoms with Crippen LogP contribution in [0.4, 0.5) is 5.82 Å². The number of rotatable bonds is 3. The van der Waals surface area contributed by atoms with Crippen LogP contribution in [0.25, 0.3) is 0 Å². The molecule has 0 saturated carbocycles. The molecule has 0 aliphatic rings. The van der Waals surface area contributed by atoms with Crippen molar-refractivity contribution in [2.24, 2.45) is 5.84 Å². The number of nitrogens with one attached hydrogen (secondary N) is 1. The van der Waals surface area contributed by atoms with Crippen molar-refractivity contribution in [2.45, 2.75) is 20.3 Å². The van der Waals surface area contributed by atoms with E-state index in [1.54, 1.807) is 0 Å². The number of anilines is 1. The molecular weight excluding hydrogens is 292 g/mol. The number of hydrazine groups is 1. The highest BCUT2D eigenvalue weighted by Gasteiger charge is 2.08. The van der Waals surface area contributed by atoms with Gasteiger partial charge in [0.05, 0.1) is 0 Å². The Balaban J connectivity index is 2.36. The van der Waals surface area contributed by atoms with Crippen molar-refractivity contribution in [3.63, 3.8) is 0 Å². The molecule has 0 radical (unpaired) electrons. The molecule has 5 heteroatoms. The summed E-state index contributed by atoms with van der Waals surface area (Å²) in [6.45, 7) is 3.91. The second-order valence-electron chi connectivity index (χ2n) is 4.11. The van der Waals surface area contributed by atoms with Gasteiger partial charge >= 0.3 is 0 Å². The van der Waals surface area contributed by atoms with Crippen LogP contribution in [0.1, 0.15) is 22.6 Å². The molecule has 1 aromatic heterocycles. The van der Waals surface area contributed by atoms with E-state index in [0.717, 1.165) is 27.1 Å². The zero-order valence-corrected chi connectivity index (χ0v) is 12.0. The van der Waals surface area contributed by atoms with Crippen LogP contribution in [0, 0.1) is 13.8 Å². The summed E-state index contributed by atoms with van der Waals surface area (Å²) in [6, 6.07) is 8.06. The third-order valence-corrected chi connectivity index (χ3v) is 3.65. The number of hydrogen-bond acceptors (Lipinski definition) is 4. The minimum Gasteiger partial charge on any atom is -0.308 e. The van der Waals surface area contributed by atoms with E-state index in [-0.39, 0.29) is 0 Å². The monoisotopic (exact) mass is 306 g/mol. The fourth-order valence-corrected chi connectivity index (χ4v) is 2.14. The molecule has 2 aromatic rings. The van der Waals surface area contributed by atoms with Crippen molar-refractivity contribution >= 4 is 21.7 Å². The summed E-state index contributed by atoms with van der Waals surface area (Å²) < 4.78 is 1.06. The van der Waals surface area contributed by atoms with E-state index in [2.05, 4.69) is 37.4 Å². The predicted molar refractivity (Wildman–Crippen MR) is 76.3 cm³/mol. The van der Waals surface area contributed by atoms with Gasteiger partial charge < -0.3 is 5.43 Å². The lowest BCUT2D eigenvalue weighted by molar-refractivity contribution is 0.923. The lowest BCUT2D eigenvalue weighted by atomic mass is 10.1. The van der Waals surface area contributed by atoms with Crippen LogP contribution in [0.15, 0.2) is 28.7 Å². The number of nitrogens with two attached hydrogens (primary N) is 1. The second kappa shape index (κ2) is 5.46. The van der Waals surface area contributed by atoms with Crippen molar-refractivity contribution in [3.8, 4) is 0 Å². The highest BCUT2D eigenvalue weighted by molar-refractivity contribution is 9.10. The fourth-order valence-electron chi connectivity index (χ4n) is 1.72. The molecule has 0 aliphatic heterocycles. The minimum absolute atomic E-state index is 0.678. The summed E-state index contributed by atoms with van der Waals surface area (Å²) in [7, 11) is 0. The molecule has 4 nitrogen and oxygen atoms in total. The first-order valence-electron chi connectivity index (χ1n) is 5.66. The minimum atomic E-state index is 0.678. The highest BCUT2D eigenvalue weighted by Crippen LogP contribution is 2.20. The Morgan fingerprint density at radius 1 is 1.22 bits per heavy atom. The number of aromatic nitrogens is 2. The third kappa shape index (κ3) is 2.68. The molecule has 94 valence electrons. The van der Waals surface area contributed by atoms with Crippen LogP contribution in [0.5, 0.6) is 0 Å². The Hall–Kier alpha value is -1.46. The first-order chi connectivity index (χ1) is 8.61. The van der Waals surface area contributed by atoms with Gasteiger partial charge in [-0.05, 0) is 25.5 Å². The van der Waals surface area contributed by atoms with Crippen molar-refractivity contribution < 1.29 is 0 Å². The van der Waals surface area contributed by atoms with E-state index < -0.39 is 0 Å². The largest absolute Gasteiger partial charge is 0.308 e. The number of nitrogen functional groups attached to an aromatic ring is 1. The van der Waals surface area contributed by atoms with Gasteiger partial charge in [0.25, 0.3) is 0 Å². The Morgan fingerprint density at radius 3 is 2.61 bits per heavy atom. The van der Waals surface area contributed by atoms with Gasteiger partial charge in [0.15, 0.2) is 0 Å². The standard InChI is InChI=1S/C13H15BrN4/c1-8-9(2)16-12(17-13(8)18-15)7-10-5-3-4-6-11(10)14/h3-6H,7,15H2,1-2H3,(H,16,17,18). The SMILES string of the molecule is Cc1nc(Cc2ccccc2Br)nc(NN)c1C. The van der Waals surface area contributed by atoms with Crippen LogP contribution in [-0.4, -0.2) is 9.97 Å². The summed E-state index contributed by atoms with van der Waals surface area (Å²) >= 11 is 3.53. The summed E-state index contributed by atoms with van der Waals surface area (Å²) in [5, 5.41) is 0. The summed E-state index contributed by atoms with van der Waals surface area (Å²) in [5.41, 5.74) is 5.69. The third-order valence-electron chi connectivity index (χ3n) is 2.88. The van der Waals surface area contributed by atoms with Gasteiger partial charge in [0, 0.05) is 22.2 Å².